The van der Waals surface area contributed by atoms with E-state index < -0.39 is 0 Å². The number of hydrogen-bond acceptors (Lipinski definition) is 3. The molecule has 0 aromatic carbocycles. The third-order valence-electron chi connectivity index (χ3n) is 3.03. The second kappa shape index (κ2) is 7.04. The topological polar surface area (TPSA) is 55.6 Å². The van der Waals surface area contributed by atoms with Crippen molar-refractivity contribution in [3.63, 3.8) is 0 Å². The summed E-state index contributed by atoms with van der Waals surface area (Å²) >= 11 is 3.41. The van der Waals surface area contributed by atoms with Crippen LogP contribution in [0.3, 0.4) is 0 Å². The van der Waals surface area contributed by atoms with Crippen molar-refractivity contribution in [2.24, 2.45) is 0 Å². The Morgan fingerprint density at radius 1 is 1.48 bits per heavy atom. The third kappa shape index (κ3) is 4.04. The summed E-state index contributed by atoms with van der Waals surface area (Å²) in [6.45, 7) is 7.08. The Hall–Kier alpha value is -1.40. The molecular weight excluding hydrogens is 334 g/mol. The molecule has 0 spiro atoms. The van der Waals surface area contributed by atoms with Crippen LogP contribution in [0.25, 0.3) is 5.65 Å². The molecule has 0 aliphatic carbocycles. The van der Waals surface area contributed by atoms with E-state index in [2.05, 4.69) is 26.2 Å². The molecule has 0 aliphatic heterocycles. The molecule has 21 heavy (non-hydrogen) atoms. The van der Waals surface area contributed by atoms with Crippen molar-refractivity contribution in [2.45, 2.75) is 33.3 Å². The van der Waals surface area contributed by atoms with Gasteiger partial charge in [-0.15, -0.1) is 0 Å². The molecule has 1 N–H and O–H groups in total. The number of carbonyl (C=O) groups is 1. The molecule has 0 saturated carbocycles. The summed E-state index contributed by atoms with van der Waals surface area (Å²) in [6, 6.07) is 3.79. The number of halogens is 1. The average molecular weight is 354 g/mol. The van der Waals surface area contributed by atoms with Gasteiger partial charge in [0.05, 0.1) is 11.8 Å². The number of pyridine rings is 1. The molecule has 0 bridgehead atoms. The smallest absolute Gasteiger partial charge is 0.270 e. The lowest BCUT2D eigenvalue weighted by Gasteiger charge is -2.08. The van der Waals surface area contributed by atoms with Gasteiger partial charge in [-0.3, -0.25) is 9.20 Å². The van der Waals surface area contributed by atoms with Crippen molar-refractivity contribution in [3.8, 4) is 0 Å². The SMILES string of the molecule is Cc1nc2ccc(Br)cn2c1C(=O)NCCCOC(C)C. The molecule has 2 aromatic heterocycles. The fourth-order valence-corrected chi connectivity index (χ4v) is 2.42. The van der Waals surface area contributed by atoms with Crippen molar-refractivity contribution in [3.05, 3.63) is 34.2 Å². The summed E-state index contributed by atoms with van der Waals surface area (Å²) in [6.07, 6.45) is 2.87. The molecule has 2 heterocycles. The predicted molar refractivity (Wildman–Crippen MR) is 85.7 cm³/mol. The Morgan fingerprint density at radius 3 is 2.95 bits per heavy atom. The van der Waals surface area contributed by atoms with Crippen molar-refractivity contribution < 1.29 is 9.53 Å². The molecule has 0 aliphatic rings. The number of fused-ring (bicyclic) bond motifs is 1. The number of rotatable bonds is 6. The van der Waals surface area contributed by atoms with Crippen LogP contribution < -0.4 is 5.32 Å². The van der Waals surface area contributed by atoms with Crippen LogP contribution in [0, 0.1) is 6.92 Å². The van der Waals surface area contributed by atoms with Crippen LogP contribution in [0.15, 0.2) is 22.8 Å². The molecule has 2 aromatic rings. The highest BCUT2D eigenvalue weighted by Gasteiger charge is 2.16. The van der Waals surface area contributed by atoms with Crippen molar-refractivity contribution in [2.75, 3.05) is 13.2 Å². The summed E-state index contributed by atoms with van der Waals surface area (Å²) in [5.74, 6) is -0.109. The number of hydrogen-bond donors (Lipinski definition) is 1. The van der Waals surface area contributed by atoms with E-state index in [0.29, 0.717) is 18.8 Å². The van der Waals surface area contributed by atoms with Crippen LogP contribution >= 0.6 is 15.9 Å². The van der Waals surface area contributed by atoms with E-state index >= 15 is 0 Å². The minimum Gasteiger partial charge on any atom is -0.379 e. The lowest BCUT2D eigenvalue weighted by Crippen LogP contribution is -2.27. The Balaban J connectivity index is 2.02. The number of nitrogens with one attached hydrogen (secondary N) is 1. The molecule has 0 radical (unpaired) electrons. The maximum atomic E-state index is 12.3. The summed E-state index contributed by atoms with van der Waals surface area (Å²) in [5.41, 5.74) is 2.07. The molecule has 6 heteroatoms. The molecule has 0 atom stereocenters. The van der Waals surface area contributed by atoms with Gasteiger partial charge >= 0.3 is 0 Å². The Morgan fingerprint density at radius 2 is 2.24 bits per heavy atom. The zero-order valence-corrected chi connectivity index (χ0v) is 14.1. The first kappa shape index (κ1) is 16.0. The molecule has 1 amide bonds. The van der Waals surface area contributed by atoms with E-state index in [1.807, 2.05) is 39.1 Å². The third-order valence-corrected chi connectivity index (χ3v) is 3.50. The number of amides is 1. The fraction of sp³-hybridized carbons (Fsp3) is 0.467. The number of aromatic nitrogens is 2. The number of ether oxygens (including phenoxy) is 1. The van der Waals surface area contributed by atoms with Crippen LogP contribution in [-0.4, -0.2) is 34.5 Å². The van der Waals surface area contributed by atoms with Gasteiger partial charge in [-0.25, -0.2) is 4.98 Å². The van der Waals surface area contributed by atoms with E-state index in [1.165, 1.54) is 0 Å². The zero-order valence-electron chi connectivity index (χ0n) is 12.5. The zero-order chi connectivity index (χ0) is 15.4. The van der Waals surface area contributed by atoms with Crippen molar-refractivity contribution >= 4 is 27.5 Å². The van der Waals surface area contributed by atoms with Crippen LogP contribution in [0.5, 0.6) is 0 Å². The number of nitrogens with zero attached hydrogens (tertiary/aromatic N) is 2. The van der Waals surface area contributed by atoms with Crippen LogP contribution in [-0.2, 0) is 4.74 Å². The van der Waals surface area contributed by atoms with Crippen molar-refractivity contribution in [1.29, 1.82) is 0 Å². The number of aryl methyl sites for hydroxylation is 1. The van der Waals surface area contributed by atoms with Gasteiger partial charge in [0.1, 0.15) is 11.3 Å². The van der Waals surface area contributed by atoms with E-state index in [-0.39, 0.29) is 12.0 Å². The molecule has 5 nitrogen and oxygen atoms in total. The van der Waals surface area contributed by atoms with Crippen LogP contribution in [0.4, 0.5) is 0 Å². The van der Waals surface area contributed by atoms with E-state index in [4.69, 9.17) is 4.74 Å². The lowest BCUT2D eigenvalue weighted by atomic mass is 10.3. The minimum absolute atomic E-state index is 0.109. The Bertz CT molecular complexity index is 637. The summed E-state index contributed by atoms with van der Waals surface area (Å²) in [5, 5.41) is 2.92. The quantitative estimate of drug-likeness (QED) is 0.812. The van der Waals surface area contributed by atoms with Gasteiger partial charge in [0.2, 0.25) is 0 Å². The van der Waals surface area contributed by atoms with Gasteiger partial charge in [-0.1, -0.05) is 0 Å². The van der Waals surface area contributed by atoms with E-state index in [9.17, 15) is 4.79 Å². The van der Waals surface area contributed by atoms with Gasteiger partial charge < -0.3 is 10.1 Å². The fourth-order valence-electron chi connectivity index (χ4n) is 2.09. The largest absolute Gasteiger partial charge is 0.379 e. The highest BCUT2D eigenvalue weighted by atomic mass is 79.9. The first-order chi connectivity index (χ1) is 9.99. The van der Waals surface area contributed by atoms with Crippen molar-refractivity contribution in [1.82, 2.24) is 14.7 Å². The summed E-state index contributed by atoms with van der Waals surface area (Å²) in [7, 11) is 0. The second-order valence-corrected chi connectivity index (χ2v) is 6.07. The van der Waals surface area contributed by atoms with E-state index in [1.54, 1.807) is 4.40 Å². The summed E-state index contributed by atoms with van der Waals surface area (Å²) in [4.78, 5) is 16.7. The molecular formula is C15H20BrN3O2. The van der Waals surface area contributed by atoms with Gasteiger partial charge in [0.25, 0.3) is 5.91 Å². The normalized spacial score (nSPS) is 11.3. The molecule has 2 rings (SSSR count). The minimum atomic E-state index is -0.109. The Kier molecular flexibility index (Phi) is 5.36. The second-order valence-electron chi connectivity index (χ2n) is 5.15. The number of carbonyl (C=O) groups excluding carboxylic acids is 1. The summed E-state index contributed by atoms with van der Waals surface area (Å²) < 4.78 is 8.16. The first-order valence-electron chi connectivity index (χ1n) is 7.03. The molecule has 0 fully saturated rings. The van der Waals surface area contributed by atoms with Gasteiger partial charge in [-0.05, 0) is 55.3 Å². The van der Waals surface area contributed by atoms with Gasteiger partial charge in [0.15, 0.2) is 0 Å². The standard InChI is InChI=1S/C15H20BrN3O2/c1-10(2)21-8-4-7-17-15(20)14-11(3)18-13-6-5-12(16)9-19(13)14/h5-6,9-10H,4,7-8H2,1-3H3,(H,17,20). The van der Waals surface area contributed by atoms with Crippen LogP contribution in [0.1, 0.15) is 36.5 Å². The monoisotopic (exact) mass is 353 g/mol. The highest BCUT2D eigenvalue weighted by molar-refractivity contribution is 9.10. The van der Waals surface area contributed by atoms with Gasteiger partial charge in [0, 0.05) is 23.8 Å². The van der Waals surface area contributed by atoms with E-state index in [0.717, 1.165) is 22.2 Å². The first-order valence-corrected chi connectivity index (χ1v) is 7.82. The van der Waals surface area contributed by atoms with Gasteiger partial charge in [-0.2, -0.15) is 0 Å². The molecule has 114 valence electrons. The highest BCUT2D eigenvalue weighted by Crippen LogP contribution is 2.16. The maximum absolute atomic E-state index is 12.3. The predicted octanol–water partition coefficient (Wildman–Crippen LogP) is 2.95. The average Bonchev–Trinajstić information content (AvgIpc) is 2.73. The molecule has 0 unspecified atom stereocenters. The lowest BCUT2D eigenvalue weighted by molar-refractivity contribution is 0.0756. The van der Waals surface area contributed by atoms with Crippen LogP contribution in [0.2, 0.25) is 0 Å². The number of imidazole rings is 1. The molecule has 0 saturated heterocycles. The maximum Gasteiger partial charge on any atom is 0.270 e. The Labute approximate surface area is 132 Å².